The van der Waals surface area contributed by atoms with Crippen LogP contribution in [0.15, 0.2) is 54.7 Å². The molecule has 0 radical (unpaired) electrons. The highest BCUT2D eigenvalue weighted by molar-refractivity contribution is 6.30. The van der Waals surface area contributed by atoms with Crippen LogP contribution in [0.4, 0.5) is 14.9 Å². The van der Waals surface area contributed by atoms with E-state index >= 15 is 0 Å². The predicted octanol–water partition coefficient (Wildman–Crippen LogP) is 3.86. The number of hydrogen-bond donors (Lipinski definition) is 3. The summed E-state index contributed by atoms with van der Waals surface area (Å²) in [7, 11) is 0. The summed E-state index contributed by atoms with van der Waals surface area (Å²) in [5, 5.41) is 24.1. The summed E-state index contributed by atoms with van der Waals surface area (Å²) in [5.41, 5.74) is 1.50. The van der Waals surface area contributed by atoms with Crippen molar-refractivity contribution in [3.8, 4) is 11.3 Å². The van der Waals surface area contributed by atoms with E-state index in [0.717, 1.165) is 6.42 Å². The van der Waals surface area contributed by atoms with Crippen LogP contribution < -0.4 is 10.6 Å². The molecule has 10 heteroatoms. The Morgan fingerprint density at radius 1 is 1.21 bits per heavy atom. The molecule has 33 heavy (non-hydrogen) atoms. The first-order valence-electron chi connectivity index (χ1n) is 10.8. The fraction of sp³-hybridized carbons (Fsp3) is 0.348. The van der Waals surface area contributed by atoms with E-state index in [0.29, 0.717) is 41.4 Å². The summed E-state index contributed by atoms with van der Waals surface area (Å²) in [4.78, 5) is 12.3. The van der Waals surface area contributed by atoms with Gasteiger partial charge in [0.05, 0.1) is 24.9 Å². The number of aromatic nitrogens is 3. The molecule has 1 fully saturated rings. The lowest BCUT2D eigenvalue weighted by Gasteiger charge is -2.36. The molecule has 3 N–H and O–H groups in total. The number of rotatable bonds is 7. The van der Waals surface area contributed by atoms with Crippen LogP contribution in [0.1, 0.15) is 19.3 Å². The van der Waals surface area contributed by atoms with Crippen molar-refractivity contribution in [2.75, 3.05) is 11.9 Å². The van der Waals surface area contributed by atoms with Gasteiger partial charge in [-0.1, -0.05) is 28.9 Å². The second-order valence-electron chi connectivity index (χ2n) is 7.90. The molecule has 8 nitrogen and oxygen atoms in total. The van der Waals surface area contributed by atoms with Crippen LogP contribution in [0.25, 0.3) is 11.3 Å². The zero-order valence-electron chi connectivity index (χ0n) is 17.8. The van der Waals surface area contributed by atoms with Crippen molar-refractivity contribution in [1.29, 1.82) is 0 Å². The zero-order valence-corrected chi connectivity index (χ0v) is 18.6. The highest BCUT2D eigenvalue weighted by Crippen LogP contribution is 2.24. The van der Waals surface area contributed by atoms with E-state index < -0.39 is 6.10 Å². The van der Waals surface area contributed by atoms with Gasteiger partial charge in [-0.3, -0.25) is 4.68 Å². The largest absolute Gasteiger partial charge is 0.394 e. The molecular weight excluding hydrogens is 449 g/mol. The summed E-state index contributed by atoms with van der Waals surface area (Å²) < 4.78 is 21.6. The minimum absolute atomic E-state index is 0.0966. The van der Waals surface area contributed by atoms with Gasteiger partial charge in [0.15, 0.2) is 0 Å². The number of anilines is 1. The first-order valence-corrected chi connectivity index (χ1v) is 11.1. The molecule has 3 aromatic rings. The van der Waals surface area contributed by atoms with Crippen LogP contribution in [-0.4, -0.2) is 51.0 Å². The molecule has 0 saturated carbocycles. The van der Waals surface area contributed by atoms with Crippen molar-refractivity contribution in [3.05, 3.63) is 65.6 Å². The molecule has 0 aliphatic carbocycles. The average molecular weight is 474 g/mol. The number of benzene rings is 2. The van der Waals surface area contributed by atoms with Crippen molar-refractivity contribution in [1.82, 2.24) is 20.3 Å². The van der Waals surface area contributed by atoms with Crippen LogP contribution in [0.3, 0.4) is 0 Å². The average Bonchev–Trinajstić information content (AvgIpc) is 3.29. The smallest absolute Gasteiger partial charge is 0.319 e. The van der Waals surface area contributed by atoms with Gasteiger partial charge in [0.1, 0.15) is 17.6 Å². The van der Waals surface area contributed by atoms with Gasteiger partial charge in [0.25, 0.3) is 0 Å². The number of nitrogens with one attached hydrogen (secondary N) is 2. The van der Waals surface area contributed by atoms with Crippen LogP contribution in [0.5, 0.6) is 0 Å². The number of urea groups is 1. The second-order valence-corrected chi connectivity index (χ2v) is 8.34. The molecule has 0 spiro atoms. The fourth-order valence-corrected chi connectivity index (χ4v) is 3.98. The first kappa shape index (κ1) is 23.2. The molecule has 2 amide bonds. The maximum Gasteiger partial charge on any atom is 0.319 e. The van der Waals surface area contributed by atoms with E-state index in [4.69, 9.17) is 16.3 Å². The van der Waals surface area contributed by atoms with Crippen LogP contribution in [-0.2, 0) is 11.3 Å². The van der Waals surface area contributed by atoms with Crippen molar-refractivity contribution >= 4 is 23.3 Å². The summed E-state index contributed by atoms with van der Waals surface area (Å²) in [6.07, 6.45) is 3.14. The minimum atomic E-state index is -0.510. The van der Waals surface area contributed by atoms with E-state index in [1.54, 1.807) is 53.3 Å². The highest BCUT2D eigenvalue weighted by atomic mass is 35.5. The quantitative estimate of drug-likeness (QED) is 0.483. The number of ether oxygens (including phenoxy) is 1. The maximum absolute atomic E-state index is 13.9. The van der Waals surface area contributed by atoms with E-state index in [1.807, 2.05) is 0 Å². The third-order valence-corrected chi connectivity index (χ3v) is 5.83. The Morgan fingerprint density at radius 3 is 2.76 bits per heavy atom. The molecular formula is C23H25ClFN5O3. The predicted molar refractivity (Wildman–Crippen MR) is 122 cm³/mol. The Hall–Kier alpha value is -3.01. The first-order chi connectivity index (χ1) is 16.0. The van der Waals surface area contributed by atoms with Gasteiger partial charge in [-0.15, -0.1) is 5.10 Å². The second kappa shape index (κ2) is 10.7. The Balaban J connectivity index is 1.27. The Bertz CT molecular complexity index is 1080. The van der Waals surface area contributed by atoms with Crippen LogP contribution >= 0.6 is 11.6 Å². The van der Waals surface area contributed by atoms with Crippen molar-refractivity contribution < 1.29 is 19.0 Å². The van der Waals surface area contributed by atoms with Crippen molar-refractivity contribution in [2.24, 2.45) is 0 Å². The van der Waals surface area contributed by atoms with E-state index in [2.05, 4.69) is 20.9 Å². The number of carbonyl (C=O) groups excluding carboxylic acids is 1. The van der Waals surface area contributed by atoms with E-state index in [9.17, 15) is 14.3 Å². The van der Waals surface area contributed by atoms with Crippen molar-refractivity contribution in [2.45, 2.75) is 44.1 Å². The molecule has 2 heterocycles. The number of aliphatic hydroxyl groups excluding tert-OH is 1. The number of aliphatic hydroxyl groups is 1. The van der Waals surface area contributed by atoms with Crippen LogP contribution in [0, 0.1) is 5.82 Å². The SMILES string of the molecule is O=C(Nc1ccc(Cl)cc1)N[C@H]1CC[C@@H](CCn2cc(-c3ccccc3F)nn2)O[C@H]1CO. The Morgan fingerprint density at radius 2 is 2.00 bits per heavy atom. The third kappa shape index (κ3) is 6.07. The Kier molecular flexibility index (Phi) is 7.54. The molecule has 3 atom stereocenters. The minimum Gasteiger partial charge on any atom is -0.394 e. The van der Waals surface area contributed by atoms with Crippen molar-refractivity contribution in [3.63, 3.8) is 0 Å². The molecule has 1 aliphatic heterocycles. The molecule has 0 unspecified atom stereocenters. The molecule has 1 aliphatic rings. The lowest BCUT2D eigenvalue weighted by molar-refractivity contribution is -0.0905. The summed E-state index contributed by atoms with van der Waals surface area (Å²) >= 11 is 5.86. The van der Waals surface area contributed by atoms with E-state index in [1.165, 1.54) is 6.07 Å². The normalized spacial score (nSPS) is 20.4. The Labute approximate surface area is 195 Å². The number of amides is 2. The van der Waals surface area contributed by atoms with Gasteiger partial charge in [0.2, 0.25) is 0 Å². The number of aryl methyl sites for hydroxylation is 1. The number of hydrogen-bond acceptors (Lipinski definition) is 5. The van der Waals surface area contributed by atoms with Gasteiger partial charge >= 0.3 is 6.03 Å². The number of halogens is 2. The van der Waals surface area contributed by atoms with Gasteiger partial charge in [-0.25, -0.2) is 9.18 Å². The standard InChI is InChI=1S/C23H25ClFN5O3/c24-15-5-7-16(8-6-15)26-23(32)27-20-10-9-17(33-22(20)14-31)11-12-30-13-21(28-29-30)18-3-1-2-4-19(18)25/h1-8,13,17,20,22,31H,9-12,14H2,(H2,26,27,32)/t17-,20-,22-/m0/s1. The lowest BCUT2D eigenvalue weighted by Crippen LogP contribution is -2.52. The summed E-state index contributed by atoms with van der Waals surface area (Å²) in [6, 6.07) is 12.6. The monoisotopic (exact) mass is 473 g/mol. The van der Waals surface area contributed by atoms with Gasteiger partial charge in [-0.05, 0) is 55.7 Å². The fourth-order valence-electron chi connectivity index (χ4n) is 3.85. The molecule has 4 rings (SSSR count). The van der Waals surface area contributed by atoms with Crippen LogP contribution in [0.2, 0.25) is 5.02 Å². The molecule has 174 valence electrons. The molecule has 0 bridgehead atoms. The summed E-state index contributed by atoms with van der Waals surface area (Å²) in [5.74, 6) is -0.343. The highest BCUT2D eigenvalue weighted by Gasteiger charge is 2.32. The molecule has 2 aromatic carbocycles. The maximum atomic E-state index is 13.9. The summed E-state index contributed by atoms with van der Waals surface area (Å²) in [6.45, 7) is 0.336. The molecule has 1 saturated heterocycles. The zero-order chi connectivity index (χ0) is 23.2. The topological polar surface area (TPSA) is 101 Å². The van der Waals surface area contributed by atoms with Gasteiger partial charge in [-0.2, -0.15) is 0 Å². The third-order valence-electron chi connectivity index (χ3n) is 5.58. The number of carbonyl (C=O) groups is 1. The van der Waals surface area contributed by atoms with Gasteiger partial charge < -0.3 is 20.5 Å². The molecule has 1 aromatic heterocycles. The van der Waals surface area contributed by atoms with E-state index in [-0.39, 0.29) is 30.6 Å². The lowest BCUT2D eigenvalue weighted by atomic mass is 9.97. The number of nitrogens with zero attached hydrogens (tertiary/aromatic N) is 3. The van der Waals surface area contributed by atoms with Gasteiger partial charge in [0, 0.05) is 22.8 Å².